The van der Waals surface area contributed by atoms with Crippen molar-refractivity contribution < 1.29 is 0 Å². The summed E-state index contributed by atoms with van der Waals surface area (Å²) in [5.41, 5.74) is 0. The molecule has 3 rings (SSSR count). The van der Waals surface area contributed by atoms with Crippen molar-refractivity contribution in [3.05, 3.63) is 22.8 Å². The lowest BCUT2D eigenvalue weighted by molar-refractivity contribution is 0.212. The molecular formula is C12H16BrN3. The van der Waals surface area contributed by atoms with Crippen LogP contribution in [0.3, 0.4) is 0 Å². The normalized spacial score (nSPS) is 29.8. The standard InChI is InChI=1S/C12H16BrN3/c1-15-9-5-6-10(15)8-16(7-9)12-4-2-3-11(13)14-12/h2-4,9-10H,5-8H2,1H3. The molecule has 4 heteroatoms. The van der Waals surface area contributed by atoms with Gasteiger partial charge in [-0.05, 0) is 48.0 Å². The number of nitrogens with zero attached hydrogens (tertiary/aromatic N) is 3. The molecule has 3 nitrogen and oxygen atoms in total. The third-order valence-corrected chi connectivity index (χ3v) is 4.31. The van der Waals surface area contributed by atoms with Crippen LogP contribution in [-0.4, -0.2) is 42.1 Å². The van der Waals surface area contributed by atoms with E-state index in [2.05, 4.69) is 49.9 Å². The Bertz CT molecular complexity index is 382. The summed E-state index contributed by atoms with van der Waals surface area (Å²) in [6, 6.07) is 7.59. The van der Waals surface area contributed by atoms with Crippen LogP contribution in [0.1, 0.15) is 12.8 Å². The number of fused-ring (bicyclic) bond motifs is 2. The van der Waals surface area contributed by atoms with Crippen LogP contribution in [0.2, 0.25) is 0 Å². The third kappa shape index (κ3) is 1.74. The van der Waals surface area contributed by atoms with E-state index >= 15 is 0 Å². The van der Waals surface area contributed by atoms with Crippen LogP contribution in [0.25, 0.3) is 0 Å². The first kappa shape index (κ1) is 10.5. The molecule has 16 heavy (non-hydrogen) atoms. The highest BCUT2D eigenvalue weighted by Crippen LogP contribution is 2.30. The predicted molar refractivity (Wildman–Crippen MR) is 68.7 cm³/mol. The number of hydrogen-bond donors (Lipinski definition) is 0. The summed E-state index contributed by atoms with van der Waals surface area (Å²) in [5, 5.41) is 0. The minimum atomic E-state index is 0.722. The summed E-state index contributed by atoms with van der Waals surface area (Å²) in [6.07, 6.45) is 2.68. The van der Waals surface area contributed by atoms with Gasteiger partial charge in [0.05, 0.1) is 0 Å². The van der Waals surface area contributed by atoms with E-state index in [-0.39, 0.29) is 0 Å². The molecule has 1 aromatic heterocycles. The molecule has 86 valence electrons. The minimum Gasteiger partial charge on any atom is -0.353 e. The lowest BCUT2D eigenvalue weighted by atomic mass is 10.2. The van der Waals surface area contributed by atoms with Gasteiger partial charge in [0.15, 0.2) is 0 Å². The van der Waals surface area contributed by atoms with Crippen LogP contribution >= 0.6 is 15.9 Å². The molecule has 0 amide bonds. The maximum absolute atomic E-state index is 4.54. The van der Waals surface area contributed by atoms with E-state index in [0.717, 1.165) is 35.6 Å². The van der Waals surface area contributed by atoms with Gasteiger partial charge in [-0.1, -0.05) is 6.07 Å². The largest absolute Gasteiger partial charge is 0.353 e. The SMILES string of the molecule is CN1C2CCC1CN(c1cccc(Br)n1)C2. The first-order chi connectivity index (χ1) is 7.74. The van der Waals surface area contributed by atoms with E-state index in [9.17, 15) is 0 Å². The molecule has 0 radical (unpaired) electrons. The molecule has 0 aliphatic carbocycles. The summed E-state index contributed by atoms with van der Waals surface area (Å²) in [6.45, 7) is 2.24. The van der Waals surface area contributed by atoms with Gasteiger partial charge in [-0.25, -0.2) is 4.98 Å². The van der Waals surface area contributed by atoms with E-state index < -0.39 is 0 Å². The van der Waals surface area contributed by atoms with Crippen LogP contribution in [0.4, 0.5) is 5.82 Å². The van der Waals surface area contributed by atoms with Gasteiger partial charge in [-0.3, -0.25) is 4.90 Å². The Morgan fingerprint density at radius 1 is 1.25 bits per heavy atom. The fourth-order valence-electron chi connectivity index (χ4n) is 2.87. The molecule has 2 aliphatic heterocycles. The average molecular weight is 282 g/mol. The lowest BCUT2D eigenvalue weighted by Crippen LogP contribution is -2.52. The fourth-order valence-corrected chi connectivity index (χ4v) is 3.21. The molecule has 2 saturated heterocycles. The van der Waals surface area contributed by atoms with Gasteiger partial charge in [-0.15, -0.1) is 0 Å². The van der Waals surface area contributed by atoms with Crippen LogP contribution < -0.4 is 4.90 Å². The van der Waals surface area contributed by atoms with Gasteiger partial charge in [0, 0.05) is 25.2 Å². The highest BCUT2D eigenvalue weighted by Gasteiger charge is 2.37. The monoisotopic (exact) mass is 281 g/mol. The van der Waals surface area contributed by atoms with Crippen molar-refractivity contribution in [2.45, 2.75) is 24.9 Å². The Morgan fingerprint density at radius 2 is 1.94 bits per heavy atom. The molecule has 1 aromatic rings. The smallest absolute Gasteiger partial charge is 0.129 e. The Balaban J connectivity index is 1.83. The predicted octanol–water partition coefficient (Wildman–Crippen LogP) is 2.13. The van der Waals surface area contributed by atoms with Gasteiger partial charge in [0.1, 0.15) is 10.4 Å². The zero-order chi connectivity index (χ0) is 11.1. The number of hydrogen-bond acceptors (Lipinski definition) is 3. The van der Waals surface area contributed by atoms with Crippen LogP contribution in [0, 0.1) is 0 Å². The van der Waals surface area contributed by atoms with Crippen molar-refractivity contribution in [3.8, 4) is 0 Å². The molecular weight excluding hydrogens is 266 g/mol. The number of rotatable bonds is 1. The number of likely N-dealkylation sites (N-methyl/N-ethyl adjacent to an activating group) is 1. The molecule has 2 aliphatic rings. The fraction of sp³-hybridized carbons (Fsp3) is 0.583. The Kier molecular flexibility index (Phi) is 2.64. The zero-order valence-electron chi connectivity index (χ0n) is 9.43. The van der Waals surface area contributed by atoms with Crippen LogP contribution in [0.5, 0.6) is 0 Å². The second-order valence-corrected chi connectivity index (χ2v) is 5.59. The maximum atomic E-state index is 4.54. The Morgan fingerprint density at radius 3 is 2.56 bits per heavy atom. The topological polar surface area (TPSA) is 19.4 Å². The van der Waals surface area contributed by atoms with E-state index in [4.69, 9.17) is 0 Å². The minimum absolute atomic E-state index is 0.722. The lowest BCUT2D eigenvalue weighted by Gasteiger charge is -2.39. The molecule has 2 bridgehead atoms. The second kappa shape index (κ2) is 4.00. The summed E-state index contributed by atoms with van der Waals surface area (Å²) < 4.78 is 0.927. The first-order valence-electron chi connectivity index (χ1n) is 5.83. The van der Waals surface area contributed by atoms with Crippen molar-refractivity contribution in [2.24, 2.45) is 0 Å². The highest BCUT2D eigenvalue weighted by atomic mass is 79.9. The molecule has 3 heterocycles. The molecule has 2 unspecified atom stereocenters. The maximum Gasteiger partial charge on any atom is 0.129 e. The van der Waals surface area contributed by atoms with Gasteiger partial charge < -0.3 is 4.90 Å². The molecule has 0 aromatic carbocycles. The summed E-state index contributed by atoms with van der Waals surface area (Å²) in [7, 11) is 2.26. The van der Waals surface area contributed by atoms with Gasteiger partial charge in [0.2, 0.25) is 0 Å². The Labute approximate surface area is 105 Å². The first-order valence-corrected chi connectivity index (χ1v) is 6.63. The average Bonchev–Trinajstić information content (AvgIpc) is 2.53. The van der Waals surface area contributed by atoms with Crippen molar-refractivity contribution in [1.29, 1.82) is 0 Å². The number of halogens is 1. The summed E-state index contributed by atoms with van der Waals surface area (Å²) in [4.78, 5) is 9.50. The van der Waals surface area contributed by atoms with Crippen molar-refractivity contribution in [1.82, 2.24) is 9.88 Å². The second-order valence-electron chi connectivity index (χ2n) is 4.77. The van der Waals surface area contributed by atoms with Crippen molar-refractivity contribution in [2.75, 3.05) is 25.0 Å². The summed E-state index contributed by atoms with van der Waals surface area (Å²) in [5.74, 6) is 1.11. The zero-order valence-corrected chi connectivity index (χ0v) is 11.0. The van der Waals surface area contributed by atoms with Gasteiger partial charge >= 0.3 is 0 Å². The molecule has 2 atom stereocenters. The van der Waals surface area contributed by atoms with Gasteiger partial charge in [0.25, 0.3) is 0 Å². The molecule has 0 saturated carbocycles. The van der Waals surface area contributed by atoms with Crippen molar-refractivity contribution >= 4 is 21.7 Å². The quantitative estimate of drug-likeness (QED) is 0.736. The van der Waals surface area contributed by atoms with E-state index in [1.165, 1.54) is 12.8 Å². The molecule has 0 spiro atoms. The summed E-state index contributed by atoms with van der Waals surface area (Å²) >= 11 is 3.44. The number of pyridine rings is 1. The number of aromatic nitrogens is 1. The highest BCUT2D eigenvalue weighted by molar-refractivity contribution is 9.10. The van der Waals surface area contributed by atoms with Crippen molar-refractivity contribution in [3.63, 3.8) is 0 Å². The molecule has 0 N–H and O–H groups in total. The number of piperazine rings is 1. The van der Waals surface area contributed by atoms with Crippen LogP contribution in [0.15, 0.2) is 22.8 Å². The Hall–Kier alpha value is -0.610. The molecule has 2 fully saturated rings. The number of anilines is 1. The van der Waals surface area contributed by atoms with Gasteiger partial charge in [-0.2, -0.15) is 0 Å². The van der Waals surface area contributed by atoms with E-state index in [0.29, 0.717) is 0 Å². The van der Waals surface area contributed by atoms with E-state index in [1.54, 1.807) is 0 Å². The van der Waals surface area contributed by atoms with Crippen LogP contribution in [-0.2, 0) is 0 Å². The van der Waals surface area contributed by atoms with E-state index in [1.807, 2.05) is 6.07 Å². The third-order valence-electron chi connectivity index (χ3n) is 3.87.